The smallest absolute Gasteiger partial charge is 0.317 e. The first-order chi connectivity index (χ1) is 12.3. The normalized spacial score (nSPS) is 20.1. The van der Waals surface area contributed by atoms with Gasteiger partial charge >= 0.3 is 6.03 Å². The summed E-state index contributed by atoms with van der Waals surface area (Å²) in [5, 5.41) is 5.89. The summed E-state index contributed by atoms with van der Waals surface area (Å²) in [6.45, 7) is 7.83. The minimum atomic E-state index is -0.0845. The molecule has 144 valence electrons. The summed E-state index contributed by atoms with van der Waals surface area (Å²) in [7, 11) is 3.94. The monoisotopic (exact) mass is 360 g/mol. The summed E-state index contributed by atoms with van der Waals surface area (Å²) in [5.74, 6) is 0.996. The van der Waals surface area contributed by atoms with Gasteiger partial charge in [-0.2, -0.15) is 0 Å². The summed E-state index contributed by atoms with van der Waals surface area (Å²) < 4.78 is 0. The van der Waals surface area contributed by atoms with Gasteiger partial charge in [-0.25, -0.2) is 4.79 Å². The van der Waals surface area contributed by atoms with E-state index in [1.54, 1.807) is 6.07 Å². The lowest BCUT2D eigenvalue weighted by atomic mass is 9.92. The zero-order valence-electron chi connectivity index (χ0n) is 16.4. The van der Waals surface area contributed by atoms with E-state index < -0.39 is 0 Å². The number of benzene rings is 1. The van der Waals surface area contributed by atoms with Crippen molar-refractivity contribution in [2.75, 3.05) is 40.3 Å². The van der Waals surface area contributed by atoms with Crippen LogP contribution in [0.25, 0.3) is 0 Å². The maximum atomic E-state index is 12.4. The molecule has 1 fully saturated rings. The number of likely N-dealkylation sites (N-methyl/N-ethyl adjacent to an activating group) is 1. The first-order valence-electron chi connectivity index (χ1n) is 9.39. The quantitative estimate of drug-likeness (QED) is 0.817. The van der Waals surface area contributed by atoms with Gasteiger partial charge in [-0.1, -0.05) is 26.0 Å². The number of rotatable bonds is 6. The number of urea groups is 1. The highest BCUT2D eigenvalue weighted by molar-refractivity contribution is 5.94. The van der Waals surface area contributed by atoms with Gasteiger partial charge in [0.1, 0.15) is 0 Å². The number of amides is 3. The van der Waals surface area contributed by atoms with Crippen LogP contribution in [0.1, 0.15) is 36.2 Å². The topological polar surface area (TPSA) is 64.7 Å². The van der Waals surface area contributed by atoms with E-state index in [-0.39, 0.29) is 11.9 Å². The van der Waals surface area contributed by atoms with Gasteiger partial charge in [-0.15, -0.1) is 0 Å². The van der Waals surface area contributed by atoms with Gasteiger partial charge in [-0.05, 0) is 50.0 Å². The molecule has 1 saturated heterocycles. The van der Waals surface area contributed by atoms with Crippen LogP contribution in [0.5, 0.6) is 0 Å². The molecule has 2 N–H and O–H groups in total. The number of nitrogens with zero attached hydrogens (tertiary/aromatic N) is 2. The molecule has 2 atom stereocenters. The third kappa shape index (κ3) is 6.33. The van der Waals surface area contributed by atoms with Crippen LogP contribution >= 0.6 is 0 Å². The van der Waals surface area contributed by atoms with E-state index in [1.165, 1.54) is 6.42 Å². The molecule has 1 aromatic rings. The molecule has 3 amide bonds. The van der Waals surface area contributed by atoms with Crippen molar-refractivity contribution in [1.82, 2.24) is 20.4 Å². The van der Waals surface area contributed by atoms with E-state index in [1.807, 2.05) is 42.1 Å². The van der Waals surface area contributed by atoms with Crippen LogP contribution in [0.2, 0.25) is 0 Å². The Bertz CT molecular complexity index is 608. The minimum Gasteiger partial charge on any atom is -0.351 e. The Morgan fingerprint density at radius 2 is 1.85 bits per heavy atom. The molecule has 1 aliphatic rings. The Kier molecular flexibility index (Phi) is 7.45. The van der Waals surface area contributed by atoms with Crippen LogP contribution in [0, 0.1) is 11.8 Å². The maximum absolute atomic E-state index is 12.4. The second-order valence-corrected chi connectivity index (χ2v) is 7.77. The van der Waals surface area contributed by atoms with Gasteiger partial charge in [0.25, 0.3) is 5.91 Å². The minimum absolute atomic E-state index is 0.0239. The van der Waals surface area contributed by atoms with Crippen molar-refractivity contribution in [3.05, 3.63) is 35.4 Å². The lowest BCUT2D eigenvalue weighted by molar-refractivity contribution is 0.0951. The van der Waals surface area contributed by atoms with Crippen molar-refractivity contribution < 1.29 is 9.59 Å². The molecule has 0 bridgehead atoms. The van der Waals surface area contributed by atoms with E-state index in [0.29, 0.717) is 30.5 Å². The number of likely N-dealkylation sites (tertiary alicyclic amines) is 1. The molecule has 1 aliphatic heterocycles. The van der Waals surface area contributed by atoms with Crippen LogP contribution in [0.15, 0.2) is 24.3 Å². The third-order valence-electron chi connectivity index (χ3n) is 4.63. The van der Waals surface area contributed by atoms with Crippen LogP contribution in [0.4, 0.5) is 4.79 Å². The van der Waals surface area contributed by atoms with Gasteiger partial charge in [0, 0.05) is 38.3 Å². The Morgan fingerprint density at radius 1 is 1.15 bits per heavy atom. The number of hydrogen-bond donors (Lipinski definition) is 2. The van der Waals surface area contributed by atoms with Gasteiger partial charge in [0.2, 0.25) is 0 Å². The Balaban J connectivity index is 1.86. The molecule has 6 nitrogen and oxygen atoms in total. The summed E-state index contributed by atoms with van der Waals surface area (Å²) in [5.41, 5.74) is 1.55. The predicted octanol–water partition coefficient (Wildman–Crippen LogP) is 2.17. The molecule has 0 saturated carbocycles. The standard InChI is InChI=1S/C20H32N4O2/c1-15-10-16(2)14-24(13-15)20(26)22-12-17-6-5-7-18(11-17)19(25)21-8-9-23(3)4/h5-7,11,15-16H,8-10,12-14H2,1-4H3,(H,21,25)(H,22,26). The molecule has 0 spiro atoms. The summed E-state index contributed by atoms with van der Waals surface area (Å²) >= 11 is 0. The van der Waals surface area contributed by atoms with E-state index in [2.05, 4.69) is 24.5 Å². The van der Waals surface area contributed by atoms with E-state index in [4.69, 9.17) is 0 Å². The molecule has 1 aromatic carbocycles. The highest BCUT2D eigenvalue weighted by atomic mass is 16.2. The lowest BCUT2D eigenvalue weighted by Gasteiger charge is -2.34. The SMILES string of the molecule is CC1CC(C)CN(C(=O)NCc2cccc(C(=O)NCCN(C)C)c2)C1. The zero-order chi connectivity index (χ0) is 19.1. The summed E-state index contributed by atoms with van der Waals surface area (Å²) in [4.78, 5) is 28.6. The second-order valence-electron chi connectivity index (χ2n) is 7.77. The third-order valence-corrected chi connectivity index (χ3v) is 4.63. The average molecular weight is 361 g/mol. The maximum Gasteiger partial charge on any atom is 0.317 e. The molecular formula is C20H32N4O2. The van der Waals surface area contributed by atoms with Crippen molar-refractivity contribution in [3.8, 4) is 0 Å². The van der Waals surface area contributed by atoms with Crippen LogP contribution in [-0.4, -0.2) is 62.0 Å². The van der Waals surface area contributed by atoms with Crippen molar-refractivity contribution in [2.45, 2.75) is 26.8 Å². The summed E-state index contributed by atoms with van der Waals surface area (Å²) in [6, 6.07) is 7.40. The number of hydrogen-bond acceptors (Lipinski definition) is 3. The lowest BCUT2D eigenvalue weighted by Crippen LogP contribution is -2.47. The molecule has 1 heterocycles. The Hall–Kier alpha value is -2.08. The number of carbonyl (C=O) groups is 2. The van der Waals surface area contributed by atoms with Crippen molar-refractivity contribution in [3.63, 3.8) is 0 Å². The average Bonchev–Trinajstić information content (AvgIpc) is 2.58. The van der Waals surface area contributed by atoms with Gasteiger partial charge in [0.15, 0.2) is 0 Å². The fraction of sp³-hybridized carbons (Fsp3) is 0.600. The fourth-order valence-electron chi connectivity index (χ4n) is 3.44. The zero-order valence-corrected chi connectivity index (χ0v) is 16.4. The van der Waals surface area contributed by atoms with E-state index >= 15 is 0 Å². The summed E-state index contributed by atoms with van der Waals surface area (Å²) in [6.07, 6.45) is 1.18. The predicted molar refractivity (Wildman–Crippen MR) is 104 cm³/mol. The molecule has 26 heavy (non-hydrogen) atoms. The van der Waals surface area contributed by atoms with Gasteiger partial charge in [0.05, 0.1) is 0 Å². The Morgan fingerprint density at radius 3 is 2.50 bits per heavy atom. The van der Waals surface area contributed by atoms with Crippen LogP contribution in [0.3, 0.4) is 0 Å². The second kappa shape index (κ2) is 9.57. The first kappa shape index (κ1) is 20.2. The molecule has 0 aliphatic carbocycles. The van der Waals surface area contributed by atoms with Crippen LogP contribution in [-0.2, 0) is 6.54 Å². The van der Waals surface area contributed by atoms with Gasteiger partial charge < -0.3 is 20.4 Å². The highest BCUT2D eigenvalue weighted by Gasteiger charge is 2.25. The van der Waals surface area contributed by atoms with Crippen LogP contribution < -0.4 is 10.6 Å². The van der Waals surface area contributed by atoms with E-state index in [9.17, 15) is 9.59 Å². The molecular weight excluding hydrogens is 328 g/mol. The van der Waals surface area contributed by atoms with E-state index in [0.717, 1.165) is 25.2 Å². The first-order valence-corrected chi connectivity index (χ1v) is 9.39. The number of carbonyl (C=O) groups excluding carboxylic acids is 2. The molecule has 0 radical (unpaired) electrons. The molecule has 6 heteroatoms. The van der Waals surface area contributed by atoms with Gasteiger partial charge in [-0.3, -0.25) is 4.79 Å². The van der Waals surface area contributed by atoms with Crippen molar-refractivity contribution in [2.24, 2.45) is 11.8 Å². The van der Waals surface area contributed by atoms with Crippen molar-refractivity contribution >= 4 is 11.9 Å². The fourth-order valence-corrected chi connectivity index (χ4v) is 3.44. The molecule has 2 rings (SSSR count). The molecule has 0 aromatic heterocycles. The largest absolute Gasteiger partial charge is 0.351 e. The van der Waals surface area contributed by atoms with Crippen molar-refractivity contribution in [1.29, 1.82) is 0 Å². The number of nitrogens with one attached hydrogen (secondary N) is 2. The highest BCUT2D eigenvalue weighted by Crippen LogP contribution is 2.20. The molecule has 2 unspecified atom stereocenters. The Labute approximate surface area is 156 Å². The number of piperidine rings is 1.